The zero-order valence-electron chi connectivity index (χ0n) is 21.8. The third-order valence-corrected chi connectivity index (χ3v) is 10.2. The van der Waals surface area contributed by atoms with Gasteiger partial charge in [-0.2, -0.15) is 22.0 Å². The third-order valence-electron chi connectivity index (χ3n) is 7.64. The van der Waals surface area contributed by atoms with Crippen LogP contribution in [-0.4, -0.2) is 31.8 Å². The molecular weight excluding hydrogens is 593 g/mol. The molecule has 3 aromatic carbocycles. The number of ether oxygens (including phenoxy) is 1. The maximum atomic E-state index is 15.6. The molecule has 1 aliphatic rings. The lowest BCUT2D eigenvalue weighted by Crippen LogP contribution is -2.54. The van der Waals surface area contributed by atoms with E-state index in [9.17, 15) is 44.7 Å². The minimum absolute atomic E-state index is 0.0713. The normalized spacial score (nSPS) is 21.5. The van der Waals surface area contributed by atoms with Crippen molar-refractivity contribution in [1.82, 2.24) is 0 Å². The molecule has 42 heavy (non-hydrogen) atoms. The minimum atomic E-state index is -6.15. The molecule has 0 heterocycles. The molecule has 1 N–H and O–H groups in total. The summed E-state index contributed by atoms with van der Waals surface area (Å²) in [7, 11) is -4.44. The van der Waals surface area contributed by atoms with Crippen LogP contribution in [0.15, 0.2) is 83.8 Å². The van der Waals surface area contributed by atoms with Crippen molar-refractivity contribution in [2.24, 2.45) is 5.92 Å². The predicted octanol–water partition coefficient (Wildman–Crippen LogP) is 7.31. The van der Waals surface area contributed by atoms with Crippen LogP contribution < -0.4 is 0 Å². The Hall–Kier alpha value is -3.45. The zero-order valence-corrected chi connectivity index (χ0v) is 22.6. The van der Waals surface area contributed by atoms with Crippen molar-refractivity contribution in [3.8, 4) is 0 Å². The second kappa shape index (κ2) is 11.3. The highest BCUT2D eigenvalue weighted by Crippen LogP contribution is 2.54. The van der Waals surface area contributed by atoms with Crippen LogP contribution in [0.25, 0.3) is 0 Å². The van der Waals surface area contributed by atoms with E-state index < -0.39 is 62.4 Å². The average molecular weight is 619 g/mol. The van der Waals surface area contributed by atoms with Gasteiger partial charge in [0.1, 0.15) is 10.6 Å². The van der Waals surface area contributed by atoms with Crippen molar-refractivity contribution in [2.45, 2.75) is 59.9 Å². The molecule has 5 nitrogen and oxygen atoms in total. The summed E-state index contributed by atoms with van der Waals surface area (Å²) in [5.41, 5.74) is -6.91. The lowest BCUT2D eigenvalue weighted by molar-refractivity contribution is -0.393. The molecule has 1 atom stereocenters. The molecule has 0 spiro atoms. The van der Waals surface area contributed by atoms with Gasteiger partial charge in [-0.25, -0.2) is 17.2 Å². The van der Waals surface area contributed by atoms with Crippen molar-refractivity contribution in [2.75, 3.05) is 0 Å². The fraction of sp³-hybridized carbons (Fsp3) is 0.345. The minimum Gasteiger partial charge on any atom is -0.481 e. The van der Waals surface area contributed by atoms with Crippen LogP contribution in [0.4, 0.5) is 30.7 Å². The van der Waals surface area contributed by atoms with Crippen LogP contribution in [0.1, 0.15) is 42.4 Å². The first-order valence-corrected chi connectivity index (χ1v) is 14.2. The van der Waals surface area contributed by atoms with E-state index in [4.69, 9.17) is 0 Å². The summed E-state index contributed by atoms with van der Waals surface area (Å²) in [6, 6.07) is 13.2. The maximum Gasteiger partial charge on any atom is 0.435 e. The Bertz CT molecular complexity index is 1500. The van der Waals surface area contributed by atoms with Gasteiger partial charge in [0.2, 0.25) is 0 Å². The van der Waals surface area contributed by atoms with Crippen LogP contribution in [0.5, 0.6) is 0 Å². The predicted molar refractivity (Wildman–Crippen MR) is 136 cm³/mol. The Kier molecular flexibility index (Phi) is 8.49. The summed E-state index contributed by atoms with van der Waals surface area (Å²) in [6.45, 7) is -1.03. The summed E-state index contributed by atoms with van der Waals surface area (Å²) in [5, 5.41) is 9.40. The number of aliphatic carboxylic acids is 1. The summed E-state index contributed by atoms with van der Waals surface area (Å²) in [5.74, 6) is -2.79. The van der Waals surface area contributed by atoms with E-state index in [-0.39, 0.29) is 41.7 Å². The largest absolute Gasteiger partial charge is 0.481 e. The Labute approximate surface area is 236 Å². The van der Waals surface area contributed by atoms with E-state index >= 15 is 4.39 Å². The summed E-state index contributed by atoms with van der Waals surface area (Å²) in [6.07, 6.45) is -12.4. The molecule has 4 rings (SSSR count). The van der Waals surface area contributed by atoms with Crippen LogP contribution in [0.2, 0.25) is 0 Å². The Morgan fingerprint density at radius 3 is 1.90 bits per heavy atom. The van der Waals surface area contributed by atoms with E-state index in [1.807, 2.05) is 0 Å². The second-order valence-corrected chi connectivity index (χ2v) is 12.3. The molecule has 13 heteroatoms. The number of hydrogen-bond donors (Lipinski definition) is 1. The van der Waals surface area contributed by atoms with Crippen molar-refractivity contribution in [3.63, 3.8) is 0 Å². The highest BCUT2D eigenvalue weighted by molar-refractivity contribution is 7.92. The van der Waals surface area contributed by atoms with Crippen molar-refractivity contribution < 1.29 is 53.8 Å². The number of halogens is 7. The van der Waals surface area contributed by atoms with Gasteiger partial charge in [-0.15, -0.1) is 0 Å². The van der Waals surface area contributed by atoms with Gasteiger partial charge in [0.15, 0.2) is 9.84 Å². The molecule has 0 aromatic heterocycles. The Morgan fingerprint density at radius 2 is 1.40 bits per heavy atom. The molecule has 1 unspecified atom stereocenters. The lowest BCUT2D eigenvalue weighted by atomic mass is 9.77. The third kappa shape index (κ3) is 5.51. The summed E-state index contributed by atoms with van der Waals surface area (Å²) in [4.78, 5) is 11.2. The molecule has 0 bridgehead atoms. The number of carbonyl (C=O) groups is 1. The quantitative estimate of drug-likeness (QED) is 0.201. The number of sulfone groups is 1. The second-order valence-electron chi connectivity index (χ2n) is 10.1. The van der Waals surface area contributed by atoms with E-state index in [1.165, 1.54) is 30.3 Å². The van der Waals surface area contributed by atoms with Crippen molar-refractivity contribution >= 4 is 15.8 Å². The fourth-order valence-electron chi connectivity index (χ4n) is 5.23. The van der Waals surface area contributed by atoms with E-state index in [0.717, 1.165) is 36.4 Å². The first kappa shape index (κ1) is 31.5. The SMILES string of the molecule is O=C(O)C1CCC(c2ccc(C(F)(C(F)(F)F)C(F)(F)OCc3ccccc3)cc2)(S(=O)(=O)c2ccc(F)cc2)CC1. The van der Waals surface area contributed by atoms with Crippen molar-refractivity contribution in [1.29, 1.82) is 0 Å². The number of rotatable bonds is 9. The van der Waals surface area contributed by atoms with Gasteiger partial charge in [0, 0.05) is 5.56 Å². The first-order chi connectivity index (χ1) is 19.5. The molecule has 1 fully saturated rings. The van der Waals surface area contributed by atoms with Gasteiger partial charge >= 0.3 is 23.9 Å². The molecule has 0 aliphatic heterocycles. The van der Waals surface area contributed by atoms with E-state index in [2.05, 4.69) is 4.74 Å². The van der Waals surface area contributed by atoms with Crippen LogP contribution >= 0.6 is 0 Å². The molecule has 1 saturated carbocycles. The number of benzene rings is 3. The molecular formula is C29H25F7O5S. The summed E-state index contributed by atoms with van der Waals surface area (Å²) < 4.78 is 131. The van der Waals surface area contributed by atoms with E-state index in [0.29, 0.717) is 12.1 Å². The Balaban J connectivity index is 1.76. The number of hydrogen-bond acceptors (Lipinski definition) is 4. The molecule has 0 amide bonds. The van der Waals surface area contributed by atoms with Gasteiger partial charge in [-0.3, -0.25) is 4.79 Å². The highest BCUT2D eigenvalue weighted by atomic mass is 32.2. The molecule has 3 aromatic rings. The fourth-order valence-corrected chi connectivity index (χ4v) is 7.40. The standard InChI is InChI=1S/C29H25F7O5S/c30-23-10-12-24(13-11-23)42(39,40)26(16-14-20(15-17-26)25(37)38)21-6-8-22(9-7-21)27(31,28(32,33)34)29(35,36)41-18-19-4-2-1-3-5-19/h1-13,20H,14-18H2,(H,37,38). The number of carboxylic acid groups (broad SMARTS) is 1. The van der Waals surface area contributed by atoms with Gasteiger partial charge in [-0.05, 0) is 61.1 Å². The molecule has 226 valence electrons. The lowest BCUT2D eigenvalue weighted by Gasteiger charge is -2.39. The van der Waals surface area contributed by atoms with Gasteiger partial charge in [-0.1, -0.05) is 54.6 Å². The van der Waals surface area contributed by atoms with Crippen LogP contribution in [-0.2, 0) is 36.4 Å². The van der Waals surface area contributed by atoms with Crippen LogP contribution in [0, 0.1) is 11.7 Å². The van der Waals surface area contributed by atoms with Gasteiger partial charge in [0.25, 0.3) is 0 Å². The van der Waals surface area contributed by atoms with E-state index in [1.54, 1.807) is 0 Å². The van der Waals surface area contributed by atoms with Gasteiger partial charge < -0.3 is 9.84 Å². The van der Waals surface area contributed by atoms with Gasteiger partial charge in [0.05, 0.1) is 17.4 Å². The number of alkyl halides is 6. The zero-order chi connectivity index (χ0) is 31.0. The molecule has 1 aliphatic carbocycles. The van der Waals surface area contributed by atoms with Crippen LogP contribution in [0.3, 0.4) is 0 Å². The molecule has 0 saturated heterocycles. The highest BCUT2D eigenvalue weighted by Gasteiger charge is 2.73. The maximum absolute atomic E-state index is 15.6. The average Bonchev–Trinajstić information content (AvgIpc) is 2.96. The Morgan fingerprint density at radius 1 is 0.857 bits per heavy atom. The smallest absolute Gasteiger partial charge is 0.435 e. The summed E-state index contributed by atoms with van der Waals surface area (Å²) >= 11 is 0. The number of carboxylic acids is 1. The van der Waals surface area contributed by atoms with Crippen molar-refractivity contribution in [3.05, 3.63) is 101 Å². The monoisotopic (exact) mass is 618 g/mol. The topological polar surface area (TPSA) is 80.7 Å². The molecule has 0 radical (unpaired) electrons. The first-order valence-electron chi connectivity index (χ1n) is 12.7.